The van der Waals surface area contributed by atoms with Crippen molar-refractivity contribution in [3.05, 3.63) is 11.6 Å². The number of hydrogen-bond donors (Lipinski definition) is 2. The Balaban J connectivity index is 1.49. The Morgan fingerprint density at radius 2 is 1.85 bits per heavy atom. The van der Waals surface area contributed by atoms with Gasteiger partial charge in [-0.15, -0.1) is 0 Å². The zero-order valence-corrected chi connectivity index (χ0v) is 18.1. The zero-order valence-electron chi connectivity index (χ0n) is 18.1. The number of rotatable bonds is 4. The highest BCUT2D eigenvalue weighted by Crippen LogP contribution is 2.66. The summed E-state index contributed by atoms with van der Waals surface area (Å²) in [5.41, 5.74) is 1.96. The van der Waals surface area contributed by atoms with Crippen LogP contribution in [0.2, 0.25) is 0 Å². The third-order valence-electron chi connectivity index (χ3n) is 9.62. The molecule has 0 heterocycles. The van der Waals surface area contributed by atoms with Gasteiger partial charge in [-0.25, -0.2) is 0 Å². The van der Waals surface area contributed by atoms with E-state index in [0.29, 0.717) is 10.8 Å². The molecule has 2 heteroatoms. The maximum Gasteiger partial charge on any atom is 0.0591 e. The Bertz CT molecular complexity index is 588. The van der Waals surface area contributed by atoms with E-state index in [1.165, 1.54) is 51.4 Å². The largest absolute Gasteiger partial charge is 0.393 e. The lowest BCUT2D eigenvalue weighted by atomic mass is 9.47. The third kappa shape index (κ3) is 3.44. The second-order valence-electron chi connectivity index (χ2n) is 11.7. The number of allylic oxidation sites excluding steroid dienone is 1. The summed E-state index contributed by atoms with van der Waals surface area (Å²) in [6.45, 7) is 9.04. The van der Waals surface area contributed by atoms with Gasteiger partial charge in [-0.05, 0) is 113 Å². The quantitative estimate of drug-likeness (QED) is 0.604. The van der Waals surface area contributed by atoms with E-state index in [4.69, 9.17) is 0 Å². The SMILES string of the molecule is CC(C)(O)CCCC1CCC2[C@@H]3CC=C4C[C@@H](O)CCC4(C)C3CCC12C. The maximum absolute atomic E-state index is 10.2. The molecule has 154 valence electrons. The molecular weight excluding hydrogens is 332 g/mol. The second-order valence-corrected chi connectivity index (χ2v) is 11.7. The average Bonchev–Trinajstić information content (AvgIpc) is 2.91. The summed E-state index contributed by atoms with van der Waals surface area (Å²) < 4.78 is 0. The van der Waals surface area contributed by atoms with Gasteiger partial charge in [0.05, 0.1) is 11.7 Å². The first-order valence-electron chi connectivity index (χ1n) is 11.7. The van der Waals surface area contributed by atoms with Crippen LogP contribution in [-0.4, -0.2) is 21.9 Å². The molecule has 0 bridgehead atoms. The summed E-state index contributed by atoms with van der Waals surface area (Å²) in [5, 5.41) is 20.2. The first-order valence-corrected chi connectivity index (χ1v) is 11.7. The smallest absolute Gasteiger partial charge is 0.0591 e. The molecule has 0 amide bonds. The Kier molecular flexibility index (Phi) is 5.08. The standard InChI is InChI=1S/C25H42O2/c1-23(2,27)13-5-6-17-8-10-21-20-9-7-18-16-19(26)11-14-25(18,4)22(20)12-15-24(17,21)3/h7,17,19-22,26-27H,5-6,8-16H2,1-4H3/t17?,19-,20-,21?,22?,24?,25?/m0/s1. The van der Waals surface area contributed by atoms with Gasteiger partial charge in [0, 0.05) is 0 Å². The molecule has 0 aromatic rings. The summed E-state index contributed by atoms with van der Waals surface area (Å²) in [7, 11) is 0. The van der Waals surface area contributed by atoms with Crippen LogP contribution in [0.3, 0.4) is 0 Å². The predicted octanol–water partition coefficient (Wildman–Crippen LogP) is 5.87. The van der Waals surface area contributed by atoms with Gasteiger partial charge in [0.15, 0.2) is 0 Å². The van der Waals surface area contributed by atoms with Crippen molar-refractivity contribution in [3.63, 3.8) is 0 Å². The van der Waals surface area contributed by atoms with Crippen molar-refractivity contribution in [3.8, 4) is 0 Å². The molecule has 4 rings (SSSR count). The minimum atomic E-state index is -0.513. The molecule has 0 saturated heterocycles. The van der Waals surface area contributed by atoms with Crippen LogP contribution in [0.4, 0.5) is 0 Å². The minimum absolute atomic E-state index is 0.0960. The molecule has 4 aliphatic rings. The van der Waals surface area contributed by atoms with E-state index >= 15 is 0 Å². The molecular formula is C25H42O2. The lowest BCUT2D eigenvalue weighted by Crippen LogP contribution is -2.50. The second kappa shape index (κ2) is 6.87. The number of fused-ring (bicyclic) bond motifs is 5. The summed E-state index contributed by atoms with van der Waals surface area (Å²) >= 11 is 0. The van der Waals surface area contributed by atoms with Crippen molar-refractivity contribution in [2.24, 2.45) is 34.5 Å². The van der Waals surface area contributed by atoms with Crippen molar-refractivity contribution < 1.29 is 10.2 Å². The first kappa shape index (κ1) is 20.0. The Labute approximate surface area is 166 Å². The van der Waals surface area contributed by atoms with Crippen molar-refractivity contribution in [2.75, 3.05) is 0 Å². The van der Waals surface area contributed by atoms with E-state index in [1.54, 1.807) is 5.57 Å². The normalized spacial score (nSPS) is 47.0. The fourth-order valence-corrected chi connectivity index (χ4v) is 8.01. The van der Waals surface area contributed by atoms with E-state index in [1.807, 2.05) is 13.8 Å². The number of aliphatic hydroxyl groups is 2. The van der Waals surface area contributed by atoms with Crippen LogP contribution >= 0.6 is 0 Å². The average molecular weight is 375 g/mol. The monoisotopic (exact) mass is 374 g/mol. The van der Waals surface area contributed by atoms with Crippen LogP contribution < -0.4 is 0 Å². The first-order chi connectivity index (χ1) is 12.6. The lowest BCUT2D eigenvalue weighted by molar-refractivity contribution is -0.0514. The van der Waals surface area contributed by atoms with E-state index in [0.717, 1.165) is 42.9 Å². The highest BCUT2D eigenvalue weighted by Gasteiger charge is 2.58. The van der Waals surface area contributed by atoms with E-state index in [2.05, 4.69) is 19.9 Å². The lowest BCUT2D eigenvalue weighted by Gasteiger charge is -2.58. The van der Waals surface area contributed by atoms with Gasteiger partial charge in [-0.2, -0.15) is 0 Å². The van der Waals surface area contributed by atoms with Crippen molar-refractivity contribution >= 4 is 0 Å². The predicted molar refractivity (Wildman–Crippen MR) is 111 cm³/mol. The van der Waals surface area contributed by atoms with Gasteiger partial charge in [0.1, 0.15) is 0 Å². The summed E-state index contributed by atoms with van der Waals surface area (Å²) in [5.74, 6) is 3.47. The van der Waals surface area contributed by atoms with Gasteiger partial charge in [0.2, 0.25) is 0 Å². The van der Waals surface area contributed by atoms with Gasteiger partial charge >= 0.3 is 0 Å². The van der Waals surface area contributed by atoms with Crippen LogP contribution in [0.1, 0.15) is 98.3 Å². The molecule has 2 nitrogen and oxygen atoms in total. The highest BCUT2D eigenvalue weighted by molar-refractivity contribution is 5.25. The molecule has 0 aliphatic heterocycles. The molecule has 0 aromatic carbocycles. The fourth-order valence-electron chi connectivity index (χ4n) is 8.01. The molecule has 4 aliphatic carbocycles. The van der Waals surface area contributed by atoms with E-state index < -0.39 is 5.60 Å². The number of aliphatic hydroxyl groups excluding tert-OH is 1. The molecule has 0 spiro atoms. The van der Waals surface area contributed by atoms with E-state index in [-0.39, 0.29) is 6.10 Å². The summed E-state index contributed by atoms with van der Waals surface area (Å²) in [6.07, 6.45) is 15.9. The third-order valence-corrected chi connectivity index (χ3v) is 9.62. The molecule has 3 fully saturated rings. The van der Waals surface area contributed by atoms with Crippen molar-refractivity contribution in [2.45, 2.75) is 110 Å². The maximum atomic E-state index is 10.2. The molecule has 27 heavy (non-hydrogen) atoms. The van der Waals surface area contributed by atoms with Gasteiger partial charge in [-0.1, -0.05) is 31.9 Å². The summed E-state index contributed by atoms with van der Waals surface area (Å²) in [6, 6.07) is 0. The molecule has 5 unspecified atom stereocenters. The Hall–Kier alpha value is -0.340. The molecule has 2 N–H and O–H groups in total. The van der Waals surface area contributed by atoms with E-state index in [9.17, 15) is 10.2 Å². The van der Waals surface area contributed by atoms with Crippen LogP contribution in [0.25, 0.3) is 0 Å². The van der Waals surface area contributed by atoms with Crippen LogP contribution in [0.5, 0.6) is 0 Å². The van der Waals surface area contributed by atoms with Gasteiger partial charge in [-0.3, -0.25) is 0 Å². The van der Waals surface area contributed by atoms with Gasteiger partial charge < -0.3 is 10.2 Å². The molecule has 0 aromatic heterocycles. The summed E-state index contributed by atoms with van der Waals surface area (Å²) in [4.78, 5) is 0. The van der Waals surface area contributed by atoms with Gasteiger partial charge in [0.25, 0.3) is 0 Å². The molecule has 0 radical (unpaired) electrons. The Morgan fingerprint density at radius 3 is 2.59 bits per heavy atom. The highest BCUT2D eigenvalue weighted by atomic mass is 16.3. The molecule has 3 saturated carbocycles. The van der Waals surface area contributed by atoms with Crippen LogP contribution in [-0.2, 0) is 0 Å². The fraction of sp³-hybridized carbons (Fsp3) is 0.920. The zero-order chi connectivity index (χ0) is 19.4. The molecule has 7 atom stereocenters. The number of hydrogen-bond acceptors (Lipinski definition) is 2. The van der Waals surface area contributed by atoms with Crippen molar-refractivity contribution in [1.29, 1.82) is 0 Å². The Morgan fingerprint density at radius 1 is 1.07 bits per heavy atom. The van der Waals surface area contributed by atoms with Crippen LogP contribution in [0.15, 0.2) is 11.6 Å². The minimum Gasteiger partial charge on any atom is -0.393 e. The van der Waals surface area contributed by atoms with Crippen molar-refractivity contribution in [1.82, 2.24) is 0 Å². The van der Waals surface area contributed by atoms with Crippen LogP contribution in [0, 0.1) is 34.5 Å². The topological polar surface area (TPSA) is 40.5 Å².